The van der Waals surface area contributed by atoms with Crippen LogP contribution in [0.2, 0.25) is 0 Å². The predicted molar refractivity (Wildman–Crippen MR) is 77.7 cm³/mol. The quantitative estimate of drug-likeness (QED) is 0.373. The van der Waals surface area contributed by atoms with Gasteiger partial charge in [0.2, 0.25) is 0 Å². The smallest absolute Gasteiger partial charge is 0.170 e. The molecule has 20 heavy (non-hydrogen) atoms. The van der Waals surface area contributed by atoms with Crippen molar-refractivity contribution in [2.75, 3.05) is 11.4 Å². The third-order valence-electron chi connectivity index (χ3n) is 2.93. The van der Waals surface area contributed by atoms with Crippen LogP contribution in [0.1, 0.15) is 18.2 Å². The molecule has 3 N–H and O–H groups in total. The van der Waals surface area contributed by atoms with Gasteiger partial charge in [-0.15, -0.1) is 0 Å². The Kier molecular flexibility index (Phi) is 4.49. The second-order valence-corrected chi connectivity index (χ2v) is 4.22. The lowest BCUT2D eigenvalue weighted by molar-refractivity contribution is 0.318. The van der Waals surface area contributed by atoms with Gasteiger partial charge in [-0.25, -0.2) is 4.98 Å². The van der Waals surface area contributed by atoms with Gasteiger partial charge in [0, 0.05) is 24.5 Å². The molecule has 6 nitrogen and oxygen atoms in total. The molecule has 0 spiro atoms. The second-order valence-electron chi connectivity index (χ2n) is 4.22. The van der Waals surface area contributed by atoms with Gasteiger partial charge in [0.15, 0.2) is 5.84 Å². The molecular formula is C14H17N5O. The highest BCUT2D eigenvalue weighted by Crippen LogP contribution is 2.15. The number of pyridine rings is 2. The van der Waals surface area contributed by atoms with Crippen molar-refractivity contribution in [1.29, 1.82) is 0 Å². The predicted octanol–water partition coefficient (Wildman–Crippen LogP) is 1.60. The van der Waals surface area contributed by atoms with E-state index in [2.05, 4.69) is 20.0 Å². The second kappa shape index (κ2) is 6.51. The van der Waals surface area contributed by atoms with Gasteiger partial charge in [0.1, 0.15) is 5.82 Å². The first kappa shape index (κ1) is 13.8. The highest BCUT2D eigenvalue weighted by Gasteiger charge is 2.09. The first-order valence-corrected chi connectivity index (χ1v) is 6.33. The van der Waals surface area contributed by atoms with E-state index < -0.39 is 0 Å². The van der Waals surface area contributed by atoms with Gasteiger partial charge in [-0.05, 0) is 31.2 Å². The lowest BCUT2D eigenvalue weighted by atomic mass is 10.2. The van der Waals surface area contributed by atoms with E-state index in [4.69, 9.17) is 10.9 Å². The van der Waals surface area contributed by atoms with E-state index in [0.29, 0.717) is 12.1 Å². The molecule has 2 heterocycles. The van der Waals surface area contributed by atoms with Crippen molar-refractivity contribution in [3.8, 4) is 0 Å². The molecule has 0 aromatic carbocycles. The lowest BCUT2D eigenvalue weighted by Gasteiger charge is -2.21. The number of amidine groups is 1. The number of hydrogen-bond acceptors (Lipinski definition) is 5. The zero-order valence-corrected chi connectivity index (χ0v) is 11.3. The fourth-order valence-corrected chi connectivity index (χ4v) is 1.85. The van der Waals surface area contributed by atoms with Gasteiger partial charge in [0.25, 0.3) is 0 Å². The van der Waals surface area contributed by atoms with E-state index >= 15 is 0 Å². The van der Waals surface area contributed by atoms with Crippen molar-refractivity contribution >= 4 is 11.7 Å². The van der Waals surface area contributed by atoms with E-state index in [1.54, 1.807) is 24.5 Å². The molecule has 0 amide bonds. The summed E-state index contributed by atoms with van der Waals surface area (Å²) in [5.74, 6) is 0.838. The number of nitrogens with zero attached hydrogens (tertiary/aromatic N) is 4. The van der Waals surface area contributed by atoms with Crippen molar-refractivity contribution in [2.45, 2.75) is 13.5 Å². The molecule has 6 heteroatoms. The minimum atomic E-state index is 0.0718. The fourth-order valence-electron chi connectivity index (χ4n) is 1.85. The first-order valence-electron chi connectivity index (χ1n) is 6.33. The summed E-state index contributed by atoms with van der Waals surface area (Å²) in [7, 11) is 0. The van der Waals surface area contributed by atoms with Crippen LogP contribution in [-0.2, 0) is 6.54 Å². The summed E-state index contributed by atoms with van der Waals surface area (Å²) >= 11 is 0. The third-order valence-corrected chi connectivity index (χ3v) is 2.93. The number of hydrogen-bond donors (Lipinski definition) is 2. The standard InChI is InChI=1S/C14H17N5O/c1-2-19(10-12-5-3-4-7-16-12)13-9-11(6-8-17-13)14(15)18-20/h3-9,20H,2,10H2,1H3,(H2,15,18). The highest BCUT2D eigenvalue weighted by atomic mass is 16.4. The first-order chi connectivity index (χ1) is 9.74. The monoisotopic (exact) mass is 271 g/mol. The Morgan fingerprint density at radius 3 is 2.80 bits per heavy atom. The number of aromatic nitrogens is 2. The van der Waals surface area contributed by atoms with Gasteiger partial charge in [-0.2, -0.15) is 0 Å². The van der Waals surface area contributed by atoms with Crippen LogP contribution in [0.5, 0.6) is 0 Å². The van der Waals surface area contributed by atoms with E-state index in [1.165, 1.54) is 0 Å². The van der Waals surface area contributed by atoms with Crippen LogP contribution < -0.4 is 10.6 Å². The SMILES string of the molecule is CCN(Cc1ccccn1)c1cc(/C(N)=N/O)ccn1. The summed E-state index contributed by atoms with van der Waals surface area (Å²) in [5.41, 5.74) is 7.20. The van der Waals surface area contributed by atoms with Crippen LogP contribution >= 0.6 is 0 Å². The Morgan fingerprint density at radius 1 is 1.30 bits per heavy atom. The molecule has 0 radical (unpaired) electrons. The molecule has 0 atom stereocenters. The molecule has 2 aromatic rings. The molecule has 0 aliphatic rings. The molecule has 104 valence electrons. The fraction of sp³-hybridized carbons (Fsp3) is 0.214. The van der Waals surface area contributed by atoms with E-state index in [-0.39, 0.29) is 5.84 Å². The molecule has 0 saturated carbocycles. The van der Waals surface area contributed by atoms with Gasteiger partial charge < -0.3 is 15.8 Å². The highest BCUT2D eigenvalue weighted by molar-refractivity contribution is 5.97. The zero-order chi connectivity index (χ0) is 14.4. The van der Waals surface area contributed by atoms with E-state index in [0.717, 1.165) is 18.1 Å². The van der Waals surface area contributed by atoms with Crippen LogP contribution in [0.25, 0.3) is 0 Å². The summed E-state index contributed by atoms with van der Waals surface area (Å²) in [6.45, 7) is 3.48. The van der Waals surface area contributed by atoms with Crippen molar-refractivity contribution in [2.24, 2.45) is 10.9 Å². The van der Waals surface area contributed by atoms with Gasteiger partial charge in [0.05, 0.1) is 12.2 Å². The Bertz CT molecular complexity index is 585. The van der Waals surface area contributed by atoms with Crippen LogP contribution in [0, 0.1) is 0 Å². The maximum atomic E-state index is 8.73. The average Bonchev–Trinajstić information content (AvgIpc) is 2.53. The van der Waals surface area contributed by atoms with Crippen LogP contribution in [0.3, 0.4) is 0 Å². The third kappa shape index (κ3) is 3.23. The maximum Gasteiger partial charge on any atom is 0.170 e. The normalized spacial score (nSPS) is 11.3. The summed E-state index contributed by atoms with van der Waals surface area (Å²) < 4.78 is 0. The minimum absolute atomic E-state index is 0.0718. The average molecular weight is 271 g/mol. The molecule has 0 fully saturated rings. The molecule has 2 aromatic heterocycles. The van der Waals surface area contributed by atoms with Crippen LogP contribution in [-0.4, -0.2) is 27.6 Å². The summed E-state index contributed by atoms with van der Waals surface area (Å²) in [6.07, 6.45) is 3.41. The lowest BCUT2D eigenvalue weighted by Crippen LogP contribution is -2.24. The number of rotatable bonds is 5. The Morgan fingerprint density at radius 2 is 2.15 bits per heavy atom. The molecule has 2 rings (SSSR count). The van der Waals surface area contributed by atoms with Crippen molar-refractivity contribution in [1.82, 2.24) is 9.97 Å². The molecule has 0 aliphatic heterocycles. The number of nitrogens with two attached hydrogens (primary N) is 1. The van der Waals surface area contributed by atoms with Crippen LogP contribution in [0.15, 0.2) is 47.9 Å². The number of anilines is 1. The summed E-state index contributed by atoms with van der Waals surface area (Å²) in [4.78, 5) is 10.7. The molecule has 0 saturated heterocycles. The summed E-state index contributed by atoms with van der Waals surface area (Å²) in [6, 6.07) is 9.30. The number of oxime groups is 1. The van der Waals surface area contributed by atoms with Gasteiger partial charge >= 0.3 is 0 Å². The zero-order valence-electron chi connectivity index (χ0n) is 11.3. The van der Waals surface area contributed by atoms with Crippen LogP contribution in [0.4, 0.5) is 5.82 Å². The summed E-state index contributed by atoms with van der Waals surface area (Å²) in [5, 5.41) is 11.7. The van der Waals surface area contributed by atoms with Gasteiger partial charge in [-0.3, -0.25) is 4.98 Å². The van der Waals surface area contributed by atoms with E-state index in [9.17, 15) is 0 Å². The Labute approximate surface area is 117 Å². The van der Waals surface area contributed by atoms with Gasteiger partial charge in [-0.1, -0.05) is 11.2 Å². The molecule has 0 unspecified atom stereocenters. The van der Waals surface area contributed by atoms with E-state index in [1.807, 2.05) is 25.1 Å². The molecule has 0 bridgehead atoms. The molecule has 0 aliphatic carbocycles. The topological polar surface area (TPSA) is 87.6 Å². The van der Waals surface area contributed by atoms with Crippen molar-refractivity contribution in [3.05, 3.63) is 54.0 Å². The van der Waals surface area contributed by atoms with Crippen molar-refractivity contribution < 1.29 is 5.21 Å². The maximum absolute atomic E-state index is 8.73. The Balaban J connectivity index is 2.23. The van der Waals surface area contributed by atoms with Crippen molar-refractivity contribution in [3.63, 3.8) is 0 Å². The largest absolute Gasteiger partial charge is 0.409 e. The molecular weight excluding hydrogens is 254 g/mol. The minimum Gasteiger partial charge on any atom is -0.409 e. The Hall–Kier alpha value is -2.63.